The van der Waals surface area contributed by atoms with E-state index in [0.717, 1.165) is 36.0 Å². The Balaban J connectivity index is 1.63. The van der Waals surface area contributed by atoms with Crippen LogP contribution in [0.25, 0.3) is 11.0 Å². The van der Waals surface area contributed by atoms with Gasteiger partial charge in [-0.1, -0.05) is 55.6 Å². The fourth-order valence-electron chi connectivity index (χ4n) is 4.75. The minimum absolute atomic E-state index is 0.0144. The van der Waals surface area contributed by atoms with Gasteiger partial charge in [0.1, 0.15) is 17.1 Å². The average Bonchev–Trinajstić information content (AvgIpc) is 3.16. The van der Waals surface area contributed by atoms with Crippen molar-refractivity contribution in [1.29, 1.82) is 0 Å². The molecule has 1 atom stereocenters. The summed E-state index contributed by atoms with van der Waals surface area (Å²) in [7, 11) is 0. The lowest BCUT2D eigenvalue weighted by Gasteiger charge is -2.25. The summed E-state index contributed by atoms with van der Waals surface area (Å²) in [6.45, 7) is 4.70. The minimum Gasteiger partial charge on any atom is -0.494 e. The van der Waals surface area contributed by atoms with Crippen LogP contribution in [-0.2, 0) is 6.54 Å². The number of amides is 1. The summed E-state index contributed by atoms with van der Waals surface area (Å²) in [6.07, 6.45) is 3.11. The molecule has 2 heterocycles. The van der Waals surface area contributed by atoms with E-state index in [-0.39, 0.29) is 29.1 Å². The van der Waals surface area contributed by atoms with Crippen LogP contribution in [0.15, 0.2) is 69.9 Å². The molecule has 0 saturated carbocycles. The highest BCUT2D eigenvalue weighted by molar-refractivity contribution is 6.32. The van der Waals surface area contributed by atoms with Crippen LogP contribution in [0.3, 0.4) is 0 Å². The number of carbonyl (C=O) groups excluding carboxylic acids is 1. The maximum absolute atomic E-state index is 13.8. The van der Waals surface area contributed by atoms with Crippen LogP contribution >= 0.6 is 11.6 Å². The van der Waals surface area contributed by atoms with Crippen LogP contribution in [0.1, 0.15) is 65.0 Å². The number of halogens is 2. The minimum atomic E-state index is -0.701. The maximum atomic E-state index is 13.8. The fourth-order valence-corrected chi connectivity index (χ4v) is 4.92. The molecule has 1 unspecified atom stereocenters. The first-order valence-corrected chi connectivity index (χ1v) is 12.8. The van der Waals surface area contributed by atoms with E-state index in [0.29, 0.717) is 28.3 Å². The van der Waals surface area contributed by atoms with Gasteiger partial charge in [-0.3, -0.25) is 9.59 Å². The van der Waals surface area contributed by atoms with Gasteiger partial charge in [0.05, 0.1) is 23.6 Å². The predicted molar refractivity (Wildman–Crippen MR) is 142 cm³/mol. The first-order chi connectivity index (χ1) is 17.9. The van der Waals surface area contributed by atoms with E-state index in [1.807, 2.05) is 31.2 Å². The number of aryl methyl sites for hydroxylation is 1. The Bertz CT molecular complexity index is 1530. The van der Waals surface area contributed by atoms with Gasteiger partial charge in [-0.2, -0.15) is 0 Å². The van der Waals surface area contributed by atoms with Crippen molar-refractivity contribution in [3.63, 3.8) is 0 Å². The lowest BCUT2D eigenvalue weighted by atomic mass is 9.97. The standard InChI is InChI=1S/C30H27ClFNO4/c1-3-4-5-13-36-22-8-6-7-20(15-22)27-26-28(34)23-16-24(31)18(2)14-25(23)37-29(26)30(35)33(27)17-19-9-11-21(32)12-10-19/h6-12,14-16,27H,3-5,13,17H2,1-2H3. The number of ether oxygens (including phenoxy) is 1. The summed E-state index contributed by atoms with van der Waals surface area (Å²) in [6, 6.07) is 16.0. The molecule has 0 aliphatic carbocycles. The molecule has 1 amide bonds. The Morgan fingerprint density at radius 1 is 1.05 bits per heavy atom. The molecule has 0 saturated heterocycles. The molecule has 1 aliphatic heterocycles. The van der Waals surface area contributed by atoms with Crippen LogP contribution in [-0.4, -0.2) is 17.4 Å². The van der Waals surface area contributed by atoms with E-state index in [1.165, 1.54) is 12.1 Å². The summed E-state index contributed by atoms with van der Waals surface area (Å²) in [4.78, 5) is 29.1. The predicted octanol–water partition coefficient (Wildman–Crippen LogP) is 7.21. The van der Waals surface area contributed by atoms with Crippen LogP contribution in [0.5, 0.6) is 5.75 Å². The molecule has 0 N–H and O–H groups in total. The molecule has 7 heteroatoms. The lowest BCUT2D eigenvalue weighted by Crippen LogP contribution is -2.29. The van der Waals surface area contributed by atoms with Crippen molar-refractivity contribution in [2.24, 2.45) is 0 Å². The van der Waals surface area contributed by atoms with Gasteiger partial charge < -0.3 is 14.1 Å². The van der Waals surface area contributed by atoms with E-state index in [2.05, 4.69) is 6.92 Å². The summed E-state index contributed by atoms with van der Waals surface area (Å²) in [5.74, 6) is -0.0783. The third-order valence-corrected chi connectivity index (χ3v) is 7.11. The molecule has 0 bridgehead atoms. The molecular weight excluding hydrogens is 493 g/mol. The number of nitrogens with zero attached hydrogens (tertiary/aromatic N) is 1. The Morgan fingerprint density at radius 2 is 1.84 bits per heavy atom. The van der Waals surface area contributed by atoms with Crippen LogP contribution in [0.4, 0.5) is 4.39 Å². The van der Waals surface area contributed by atoms with Gasteiger partial charge >= 0.3 is 0 Å². The monoisotopic (exact) mass is 519 g/mol. The van der Waals surface area contributed by atoms with Crippen molar-refractivity contribution in [2.75, 3.05) is 6.61 Å². The second-order valence-electron chi connectivity index (χ2n) is 9.36. The highest BCUT2D eigenvalue weighted by Gasteiger charge is 2.43. The van der Waals surface area contributed by atoms with Crippen molar-refractivity contribution >= 4 is 28.5 Å². The zero-order valence-corrected chi connectivity index (χ0v) is 21.5. The van der Waals surface area contributed by atoms with Gasteiger partial charge in [0.25, 0.3) is 5.91 Å². The number of hydrogen-bond donors (Lipinski definition) is 0. The Hall–Kier alpha value is -3.64. The van der Waals surface area contributed by atoms with Crippen LogP contribution < -0.4 is 10.2 Å². The third-order valence-electron chi connectivity index (χ3n) is 6.70. The Morgan fingerprint density at radius 3 is 2.59 bits per heavy atom. The fraction of sp³-hybridized carbons (Fsp3) is 0.267. The van der Waals surface area contributed by atoms with Crippen LogP contribution in [0, 0.1) is 12.7 Å². The number of fused-ring (bicyclic) bond motifs is 2. The van der Waals surface area contributed by atoms with Gasteiger partial charge in [-0.25, -0.2) is 4.39 Å². The summed E-state index contributed by atoms with van der Waals surface area (Å²) in [5, 5.41) is 0.772. The number of benzene rings is 3. The number of rotatable bonds is 8. The third kappa shape index (κ3) is 4.86. The molecule has 3 aromatic carbocycles. The molecule has 1 aliphatic rings. The van der Waals surface area contributed by atoms with Crippen molar-refractivity contribution in [3.8, 4) is 5.75 Å². The normalized spacial score (nSPS) is 14.9. The Kier molecular flexibility index (Phi) is 7.02. The SMILES string of the molecule is CCCCCOc1cccc(C2c3c(oc4cc(C)c(Cl)cc4c3=O)C(=O)N2Cc2ccc(F)cc2)c1. The van der Waals surface area contributed by atoms with E-state index >= 15 is 0 Å². The zero-order valence-electron chi connectivity index (χ0n) is 20.7. The molecule has 37 heavy (non-hydrogen) atoms. The molecule has 1 aromatic heterocycles. The van der Waals surface area contributed by atoms with Crippen molar-refractivity contribution in [2.45, 2.75) is 45.7 Å². The Labute approximate surface area is 219 Å². The molecule has 0 radical (unpaired) electrons. The second kappa shape index (κ2) is 10.4. The quantitative estimate of drug-likeness (QED) is 0.231. The van der Waals surface area contributed by atoms with E-state index in [4.69, 9.17) is 20.8 Å². The molecule has 0 fully saturated rings. The number of hydrogen-bond acceptors (Lipinski definition) is 4. The maximum Gasteiger partial charge on any atom is 0.291 e. The molecule has 4 aromatic rings. The van der Waals surface area contributed by atoms with Gasteiger partial charge in [-0.05, 0) is 66.4 Å². The van der Waals surface area contributed by atoms with E-state index < -0.39 is 11.9 Å². The van der Waals surface area contributed by atoms with Crippen molar-refractivity contribution < 1.29 is 18.3 Å². The molecule has 5 nitrogen and oxygen atoms in total. The highest BCUT2D eigenvalue weighted by atomic mass is 35.5. The van der Waals surface area contributed by atoms with Crippen molar-refractivity contribution in [1.82, 2.24) is 4.90 Å². The van der Waals surface area contributed by atoms with E-state index in [9.17, 15) is 14.0 Å². The van der Waals surface area contributed by atoms with Gasteiger partial charge in [0.2, 0.25) is 5.76 Å². The lowest BCUT2D eigenvalue weighted by molar-refractivity contribution is 0.0714. The van der Waals surface area contributed by atoms with Crippen molar-refractivity contribution in [3.05, 3.63) is 110 Å². The van der Waals surface area contributed by atoms with Crippen LogP contribution in [0.2, 0.25) is 5.02 Å². The largest absolute Gasteiger partial charge is 0.494 e. The zero-order chi connectivity index (χ0) is 26.1. The van der Waals surface area contributed by atoms with Gasteiger partial charge in [0, 0.05) is 11.6 Å². The molecule has 5 rings (SSSR count). The second-order valence-corrected chi connectivity index (χ2v) is 9.77. The molecule has 190 valence electrons. The first kappa shape index (κ1) is 25.0. The molecular formula is C30H27ClFNO4. The number of unbranched alkanes of at least 4 members (excludes halogenated alkanes) is 2. The topological polar surface area (TPSA) is 59.8 Å². The molecule has 0 spiro atoms. The average molecular weight is 520 g/mol. The van der Waals surface area contributed by atoms with E-state index in [1.54, 1.807) is 29.2 Å². The van der Waals surface area contributed by atoms with Gasteiger partial charge in [0.15, 0.2) is 5.43 Å². The van der Waals surface area contributed by atoms with Gasteiger partial charge in [-0.15, -0.1) is 0 Å². The summed E-state index contributed by atoms with van der Waals surface area (Å²) < 4.78 is 25.6. The summed E-state index contributed by atoms with van der Waals surface area (Å²) >= 11 is 6.33. The summed E-state index contributed by atoms with van der Waals surface area (Å²) in [5.41, 5.74) is 2.49. The first-order valence-electron chi connectivity index (χ1n) is 12.4. The number of carbonyl (C=O) groups is 1. The highest BCUT2D eigenvalue weighted by Crippen LogP contribution is 2.40. The smallest absolute Gasteiger partial charge is 0.291 e.